The van der Waals surface area contributed by atoms with Crippen molar-refractivity contribution in [3.63, 3.8) is 0 Å². The second kappa shape index (κ2) is 17.2. The summed E-state index contributed by atoms with van der Waals surface area (Å²) in [5.74, 6) is 0.867. The van der Waals surface area contributed by atoms with Crippen molar-refractivity contribution in [3.8, 4) is 17.1 Å². The molecule has 17 heteroatoms. The molecule has 2 aromatic heterocycles. The Bertz CT molecular complexity index is 1800. The number of H-pyrrole nitrogens is 1. The summed E-state index contributed by atoms with van der Waals surface area (Å²) in [5.41, 5.74) is 0.511. The van der Waals surface area contributed by atoms with Gasteiger partial charge in [0.1, 0.15) is 17.1 Å². The van der Waals surface area contributed by atoms with Gasteiger partial charge >= 0.3 is 11.7 Å². The lowest BCUT2D eigenvalue weighted by Crippen LogP contribution is -2.41. The number of unbranched alkanes of at least 4 members (excludes halogenated alkanes) is 1. The number of amides is 5. The first kappa shape index (κ1) is 36.5. The van der Waals surface area contributed by atoms with Gasteiger partial charge in [0.15, 0.2) is 12.3 Å². The molecule has 2 fully saturated rings. The van der Waals surface area contributed by atoms with Crippen LogP contribution in [0.25, 0.3) is 22.6 Å². The minimum atomic E-state index is -0.398. The molecule has 5 rings (SSSR count). The number of hydrogen-bond donors (Lipinski definition) is 6. The molecular formula is C33H45N9O7S. The van der Waals surface area contributed by atoms with E-state index in [4.69, 9.17) is 4.74 Å². The maximum Gasteiger partial charge on any atom is 0.332 e. The van der Waals surface area contributed by atoms with Crippen LogP contribution in [-0.2, 0) is 27.5 Å². The summed E-state index contributed by atoms with van der Waals surface area (Å²) in [6, 6.07) is 7.07. The van der Waals surface area contributed by atoms with Crippen molar-refractivity contribution >= 4 is 46.7 Å². The van der Waals surface area contributed by atoms with E-state index < -0.39 is 5.56 Å². The minimum Gasteiger partial charge on any atom is -0.484 e. The molecule has 6 N–H and O–H groups in total. The fourth-order valence-corrected chi connectivity index (χ4v) is 7.61. The van der Waals surface area contributed by atoms with E-state index in [1.54, 1.807) is 24.3 Å². The summed E-state index contributed by atoms with van der Waals surface area (Å²) in [7, 11) is 0. The summed E-state index contributed by atoms with van der Waals surface area (Å²) in [4.78, 5) is 81.6. The number of nitrogens with zero attached hydrogens (tertiary/aromatic N) is 3. The Labute approximate surface area is 292 Å². The number of aryl methyl sites for hydroxylation is 1. The van der Waals surface area contributed by atoms with Gasteiger partial charge in [-0.2, -0.15) is 11.8 Å². The zero-order chi connectivity index (χ0) is 35.6. The van der Waals surface area contributed by atoms with Crippen molar-refractivity contribution in [1.29, 1.82) is 0 Å². The first-order chi connectivity index (χ1) is 24.2. The first-order valence-corrected chi connectivity index (χ1v) is 18.2. The number of aromatic nitrogens is 4. The lowest BCUT2D eigenvalue weighted by Gasteiger charge is -2.16. The van der Waals surface area contributed by atoms with E-state index in [9.17, 15) is 28.8 Å². The molecule has 16 nitrogen and oxygen atoms in total. The van der Waals surface area contributed by atoms with Gasteiger partial charge < -0.3 is 36.3 Å². The van der Waals surface area contributed by atoms with Gasteiger partial charge in [-0.3, -0.25) is 28.3 Å². The Morgan fingerprint density at radius 2 is 1.64 bits per heavy atom. The third-order valence-corrected chi connectivity index (χ3v) is 10.1. The minimum absolute atomic E-state index is 0.107. The first-order valence-electron chi connectivity index (χ1n) is 17.1. The van der Waals surface area contributed by atoms with Crippen molar-refractivity contribution in [2.75, 3.05) is 32.0 Å². The number of imidazole rings is 1. The third kappa shape index (κ3) is 9.05. The van der Waals surface area contributed by atoms with E-state index in [1.807, 2.05) is 25.6 Å². The predicted molar refractivity (Wildman–Crippen MR) is 189 cm³/mol. The van der Waals surface area contributed by atoms with Crippen molar-refractivity contribution in [2.24, 2.45) is 0 Å². The van der Waals surface area contributed by atoms with Crippen molar-refractivity contribution in [3.05, 3.63) is 45.1 Å². The van der Waals surface area contributed by atoms with Gasteiger partial charge in [0.05, 0.1) is 18.6 Å². The molecule has 0 radical (unpaired) electrons. The standard InChI is InChI=1S/C33H45N9O7S/c1-3-15-41-30-28(31(46)42(16-4-2)33(41)48)38-29(40-30)20-9-11-21(12-10-20)49-18-26(45)35-14-13-34-25(44)17-36-24(43)8-6-5-7-23-27-22(19-50-23)37-32(47)39-27/h9-12,22-23,27H,3-8,13-19H2,1-2H3,(H,34,44)(H,35,45)(H,36,43)(H,38,40)(H2,37,39,47)/t22-,23-,27-/m0/s1. The second-order valence-electron chi connectivity index (χ2n) is 12.3. The number of carbonyl (C=O) groups excluding carboxylic acids is 4. The number of hydrogen-bond acceptors (Lipinski definition) is 9. The van der Waals surface area contributed by atoms with E-state index in [0.29, 0.717) is 66.8 Å². The molecule has 0 bridgehead atoms. The van der Waals surface area contributed by atoms with E-state index in [0.717, 1.165) is 18.6 Å². The zero-order valence-electron chi connectivity index (χ0n) is 28.3. The Morgan fingerprint density at radius 1 is 0.920 bits per heavy atom. The number of carbonyl (C=O) groups is 4. The molecule has 0 spiro atoms. The van der Waals surface area contributed by atoms with Crippen molar-refractivity contribution < 1.29 is 23.9 Å². The highest BCUT2D eigenvalue weighted by Crippen LogP contribution is 2.33. The van der Waals surface area contributed by atoms with Gasteiger partial charge in [0.2, 0.25) is 11.8 Å². The maximum atomic E-state index is 13.0. The fraction of sp³-hybridized carbons (Fsp3) is 0.545. The van der Waals surface area contributed by atoms with Gasteiger partial charge in [-0.05, 0) is 49.9 Å². The number of thioether (sulfide) groups is 1. The summed E-state index contributed by atoms with van der Waals surface area (Å²) >= 11 is 1.84. The van der Waals surface area contributed by atoms with Crippen LogP contribution < -0.4 is 42.6 Å². The van der Waals surface area contributed by atoms with E-state index in [2.05, 4.69) is 36.6 Å². The lowest BCUT2D eigenvalue weighted by molar-refractivity contribution is -0.126. The fourth-order valence-electron chi connectivity index (χ4n) is 6.07. The van der Waals surface area contributed by atoms with Crippen LogP contribution in [0.4, 0.5) is 4.79 Å². The number of ether oxygens (including phenoxy) is 1. The zero-order valence-corrected chi connectivity index (χ0v) is 29.2. The quantitative estimate of drug-likeness (QED) is 0.0814. The highest BCUT2D eigenvalue weighted by molar-refractivity contribution is 8.00. The van der Waals surface area contributed by atoms with Gasteiger partial charge in [0.25, 0.3) is 11.5 Å². The number of benzene rings is 1. The molecule has 270 valence electrons. The molecule has 2 aliphatic heterocycles. The molecule has 2 aliphatic rings. The Morgan fingerprint density at radius 3 is 2.38 bits per heavy atom. The number of urea groups is 1. The SMILES string of the molecule is CCCn1c(=O)c2[nH]c(-c3ccc(OCC(=O)NCCNC(=O)CNC(=O)CCCC[C@@H]4SC[C@@H]5NC(=O)N[C@@H]54)cc3)nc2n(CCC)c1=O. The van der Waals surface area contributed by atoms with E-state index >= 15 is 0 Å². The van der Waals surface area contributed by atoms with E-state index in [1.165, 1.54) is 9.13 Å². The summed E-state index contributed by atoms with van der Waals surface area (Å²) in [5, 5.41) is 14.2. The number of rotatable bonds is 18. The summed E-state index contributed by atoms with van der Waals surface area (Å²) < 4.78 is 8.35. The molecule has 3 aromatic rings. The second-order valence-corrected chi connectivity index (χ2v) is 13.6. The van der Waals surface area contributed by atoms with Crippen LogP contribution in [0.5, 0.6) is 5.75 Å². The average molecular weight is 712 g/mol. The molecule has 2 saturated heterocycles. The predicted octanol–water partition coefficient (Wildman–Crippen LogP) is 0.827. The molecule has 0 unspecified atom stereocenters. The molecule has 1 aromatic carbocycles. The number of aromatic amines is 1. The highest BCUT2D eigenvalue weighted by Gasteiger charge is 2.42. The molecule has 5 amide bonds. The smallest absolute Gasteiger partial charge is 0.332 e. The van der Waals surface area contributed by atoms with Crippen molar-refractivity contribution in [2.45, 2.75) is 82.8 Å². The lowest BCUT2D eigenvalue weighted by atomic mass is 10.0. The van der Waals surface area contributed by atoms with Gasteiger partial charge in [-0.15, -0.1) is 0 Å². The summed E-state index contributed by atoms with van der Waals surface area (Å²) in [6.07, 6.45) is 4.17. The van der Waals surface area contributed by atoms with Gasteiger partial charge in [-0.1, -0.05) is 20.3 Å². The molecule has 0 saturated carbocycles. The summed E-state index contributed by atoms with van der Waals surface area (Å²) in [6.45, 7) is 4.62. The molecule has 0 aliphatic carbocycles. The molecule has 50 heavy (non-hydrogen) atoms. The Balaban J connectivity index is 0.967. The Kier molecular flexibility index (Phi) is 12.6. The van der Waals surface area contributed by atoms with Crippen LogP contribution in [0, 0.1) is 0 Å². The van der Waals surface area contributed by atoms with Crippen LogP contribution in [0.1, 0.15) is 52.4 Å². The average Bonchev–Trinajstić information content (AvgIpc) is 3.82. The largest absolute Gasteiger partial charge is 0.484 e. The Hall–Kier alpha value is -4.80. The number of fused-ring (bicyclic) bond motifs is 2. The van der Waals surface area contributed by atoms with E-state index in [-0.39, 0.29) is 73.3 Å². The molecule has 3 atom stereocenters. The molecular weight excluding hydrogens is 666 g/mol. The normalized spacial score (nSPS) is 18.0. The topological polar surface area (TPSA) is 210 Å². The highest BCUT2D eigenvalue weighted by atomic mass is 32.2. The van der Waals surface area contributed by atoms with Crippen LogP contribution in [0.2, 0.25) is 0 Å². The number of nitrogens with one attached hydrogen (secondary N) is 6. The third-order valence-electron chi connectivity index (χ3n) is 8.55. The van der Waals surface area contributed by atoms with Crippen LogP contribution in [0.15, 0.2) is 33.9 Å². The van der Waals surface area contributed by atoms with Gasteiger partial charge in [-0.25, -0.2) is 14.6 Å². The van der Waals surface area contributed by atoms with Crippen molar-refractivity contribution in [1.82, 2.24) is 45.7 Å². The van der Waals surface area contributed by atoms with Crippen LogP contribution in [-0.4, -0.2) is 92.2 Å². The van der Waals surface area contributed by atoms with Crippen LogP contribution >= 0.6 is 11.8 Å². The van der Waals surface area contributed by atoms with Gasteiger partial charge in [0, 0.05) is 49.2 Å². The van der Waals surface area contributed by atoms with Crippen LogP contribution in [0.3, 0.4) is 0 Å². The molecule has 4 heterocycles. The maximum absolute atomic E-state index is 13.0. The monoisotopic (exact) mass is 711 g/mol.